The van der Waals surface area contributed by atoms with Crippen molar-refractivity contribution in [1.82, 2.24) is 24.8 Å². The fraction of sp³-hybridized carbons (Fsp3) is 0.381. The second kappa shape index (κ2) is 8.48. The number of aliphatic hydroxyl groups excluding tert-OH is 1. The van der Waals surface area contributed by atoms with Crippen LogP contribution in [-0.2, 0) is 9.59 Å². The average Bonchev–Trinajstić information content (AvgIpc) is 2.93. The molecule has 3 heterocycles. The molecule has 1 atom stereocenters. The van der Waals surface area contributed by atoms with E-state index in [9.17, 15) is 14.7 Å². The third kappa shape index (κ3) is 4.17. The quantitative estimate of drug-likeness (QED) is 0.453. The Kier molecular flexibility index (Phi) is 6.03. The Labute approximate surface area is 169 Å². The van der Waals surface area contributed by atoms with E-state index in [2.05, 4.69) is 15.0 Å². The number of aliphatic hydroxyl groups is 1. The summed E-state index contributed by atoms with van der Waals surface area (Å²) >= 11 is 0. The molecule has 3 rings (SSSR count). The van der Waals surface area contributed by atoms with E-state index in [1.165, 1.54) is 11.1 Å². The number of aryl methyl sites for hydroxylation is 2. The summed E-state index contributed by atoms with van der Waals surface area (Å²) in [7, 11) is 3.91. The molecule has 2 aromatic heterocycles. The van der Waals surface area contributed by atoms with Crippen molar-refractivity contribution >= 4 is 17.4 Å². The third-order valence-electron chi connectivity index (χ3n) is 4.92. The molecule has 1 aliphatic rings. The van der Waals surface area contributed by atoms with E-state index in [0.717, 1.165) is 12.1 Å². The first kappa shape index (κ1) is 20.6. The molecular weight excluding hydrogens is 370 g/mol. The monoisotopic (exact) mass is 395 g/mol. The van der Waals surface area contributed by atoms with Crippen molar-refractivity contribution in [2.24, 2.45) is 0 Å². The van der Waals surface area contributed by atoms with Crippen LogP contribution in [0.3, 0.4) is 0 Å². The predicted octanol–water partition coefficient (Wildman–Crippen LogP) is 1.86. The van der Waals surface area contributed by atoms with Gasteiger partial charge in [0.25, 0.3) is 11.7 Å². The molecule has 0 unspecified atom stereocenters. The van der Waals surface area contributed by atoms with Crippen LogP contribution in [0.4, 0.5) is 0 Å². The number of nitrogens with zero attached hydrogens (tertiary/aromatic N) is 5. The van der Waals surface area contributed by atoms with E-state index < -0.39 is 17.7 Å². The Morgan fingerprint density at radius 3 is 2.52 bits per heavy atom. The zero-order valence-corrected chi connectivity index (χ0v) is 17.1. The number of likely N-dealkylation sites (tertiary alicyclic amines) is 1. The molecule has 1 N–H and O–H groups in total. The van der Waals surface area contributed by atoms with Crippen molar-refractivity contribution in [1.29, 1.82) is 0 Å². The minimum Gasteiger partial charge on any atom is -0.507 e. The van der Waals surface area contributed by atoms with Gasteiger partial charge in [0, 0.05) is 25.1 Å². The van der Waals surface area contributed by atoms with Gasteiger partial charge < -0.3 is 14.9 Å². The number of rotatable bonds is 6. The summed E-state index contributed by atoms with van der Waals surface area (Å²) in [6, 6.07) is 2.82. The summed E-state index contributed by atoms with van der Waals surface area (Å²) in [6.07, 6.45) is 5.40. The van der Waals surface area contributed by atoms with Crippen molar-refractivity contribution in [3.8, 4) is 0 Å². The topological polar surface area (TPSA) is 99.5 Å². The molecule has 0 saturated carbocycles. The fourth-order valence-corrected chi connectivity index (χ4v) is 3.52. The highest BCUT2D eigenvalue weighted by atomic mass is 16.3. The Hall–Kier alpha value is -3.13. The summed E-state index contributed by atoms with van der Waals surface area (Å²) in [6.45, 7) is 4.66. The fourth-order valence-electron chi connectivity index (χ4n) is 3.52. The first-order chi connectivity index (χ1) is 13.8. The highest BCUT2D eigenvalue weighted by molar-refractivity contribution is 6.46. The molecule has 29 heavy (non-hydrogen) atoms. The van der Waals surface area contributed by atoms with E-state index in [1.54, 1.807) is 38.4 Å². The highest BCUT2D eigenvalue weighted by Gasteiger charge is 2.46. The van der Waals surface area contributed by atoms with Crippen LogP contribution in [-0.4, -0.2) is 68.7 Å². The Morgan fingerprint density at radius 2 is 1.90 bits per heavy atom. The van der Waals surface area contributed by atoms with Gasteiger partial charge in [0.1, 0.15) is 11.6 Å². The number of aromatic nitrogens is 3. The molecule has 0 bridgehead atoms. The Bertz CT molecular complexity index is 956. The Morgan fingerprint density at radius 1 is 1.21 bits per heavy atom. The lowest BCUT2D eigenvalue weighted by molar-refractivity contribution is -0.139. The van der Waals surface area contributed by atoms with Crippen LogP contribution >= 0.6 is 0 Å². The molecule has 2 aromatic rings. The predicted molar refractivity (Wildman–Crippen MR) is 108 cm³/mol. The van der Waals surface area contributed by atoms with Crippen LogP contribution in [0.15, 0.2) is 36.3 Å². The number of amides is 1. The molecule has 0 aromatic carbocycles. The molecule has 1 amide bonds. The van der Waals surface area contributed by atoms with Gasteiger partial charge in [0.05, 0.1) is 22.9 Å². The standard InChI is InChI=1S/C21H25N5O3/c1-13-16(12-23-14(2)24-13)19(27)17-18(15-6-8-22-9-7-15)26(21(29)20(17)28)11-5-10-25(3)4/h6-9,12,18,27H,5,10-11H2,1-4H3/b19-17+/t18-/m1/s1. The lowest BCUT2D eigenvalue weighted by Crippen LogP contribution is -2.32. The zero-order chi connectivity index (χ0) is 21.1. The number of carbonyl (C=O) groups excluding carboxylic acids is 2. The molecule has 0 aliphatic carbocycles. The van der Waals surface area contributed by atoms with Gasteiger partial charge in [-0.25, -0.2) is 9.97 Å². The van der Waals surface area contributed by atoms with Crippen molar-refractivity contribution in [2.45, 2.75) is 26.3 Å². The summed E-state index contributed by atoms with van der Waals surface area (Å²) < 4.78 is 0. The van der Waals surface area contributed by atoms with Gasteiger partial charge >= 0.3 is 0 Å². The normalized spacial score (nSPS) is 18.7. The molecule has 0 radical (unpaired) electrons. The van der Waals surface area contributed by atoms with Crippen LogP contribution in [0.2, 0.25) is 0 Å². The molecule has 1 fully saturated rings. The van der Waals surface area contributed by atoms with Gasteiger partial charge in [-0.15, -0.1) is 0 Å². The molecular formula is C21H25N5O3. The smallest absolute Gasteiger partial charge is 0.295 e. The zero-order valence-electron chi connectivity index (χ0n) is 17.1. The van der Waals surface area contributed by atoms with Gasteiger partial charge in [-0.2, -0.15) is 0 Å². The minimum absolute atomic E-state index is 0.0570. The average molecular weight is 395 g/mol. The van der Waals surface area contributed by atoms with Crippen molar-refractivity contribution < 1.29 is 14.7 Å². The van der Waals surface area contributed by atoms with E-state index in [4.69, 9.17) is 0 Å². The van der Waals surface area contributed by atoms with Crippen LogP contribution in [0, 0.1) is 13.8 Å². The van der Waals surface area contributed by atoms with Gasteiger partial charge in [-0.05, 0) is 58.6 Å². The van der Waals surface area contributed by atoms with E-state index in [-0.39, 0.29) is 11.3 Å². The second-order valence-electron chi connectivity index (χ2n) is 7.35. The van der Waals surface area contributed by atoms with Crippen LogP contribution in [0.1, 0.15) is 35.1 Å². The highest BCUT2D eigenvalue weighted by Crippen LogP contribution is 2.39. The number of pyridine rings is 1. The molecule has 0 spiro atoms. The van der Waals surface area contributed by atoms with Crippen molar-refractivity contribution in [3.63, 3.8) is 0 Å². The third-order valence-corrected chi connectivity index (χ3v) is 4.92. The lowest BCUT2D eigenvalue weighted by Gasteiger charge is -2.25. The maximum atomic E-state index is 12.9. The number of carbonyl (C=O) groups is 2. The number of hydrogen-bond donors (Lipinski definition) is 1. The van der Waals surface area contributed by atoms with Gasteiger partial charge in [-0.1, -0.05) is 0 Å². The summed E-state index contributed by atoms with van der Waals surface area (Å²) in [4.78, 5) is 41.7. The SMILES string of the molecule is Cc1ncc(/C(O)=C2\C(=O)C(=O)N(CCCN(C)C)[C@@H]2c2ccncc2)c(C)n1. The molecule has 1 aliphatic heterocycles. The summed E-state index contributed by atoms with van der Waals surface area (Å²) in [5.74, 6) is -1.00. The van der Waals surface area contributed by atoms with Crippen LogP contribution < -0.4 is 0 Å². The first-order valence-electron chi connectivity index (χ1n) is 9.45. The van der Waals surface area contributed by atoms with Gasteiger partial charge in [-0.3, -0.25) is 14.6 Å². The van der Waals surface area contributed by atoms with E-state index in [0.29, 0.717) is 30.0 Å². The van der Waals surface area contributed by atoms with E-state index >= 15 is 0 Å². The maximum Gasteiger partial charge on any atom is 0.295 e. The molecule has 1 saturated heterocycles. The second-order valence-corrected chi connectivity index (χ2v) is 7.35. The van der Waals surface area contributed by atoms with Crippen LogP contribution in [0.5, 0.6) is 0 Å². The molecule has 8 heteroatoms. The first-order valence-corrected chi connectivity index (χ1v) is 9.45. The number of ketones is 1. The molecule has 152 valence electrons. The number of hydrogen-bond acceptors (Lipinski definition) is 7. The largest absolute Gasteiger partial charge is 0.507 e. The summed E-state index contributed by atoms with van der Waals surface area (Å²) in [5, 5.41) is 11.0. The minimum atomic E-state index is -0.700. The maximum absolute atomic E-state index is 12.9. The Balaban J connectivity index is 2.10. The summed E-state index contributed by atoms with van der Waals surface area (Å²) in [5.41, 5.74) is 1.67. The molecule has 8 nitrogen and oxygen atoms in total. The van der Waals surface area contributed by atoms with Crippen molar-refractivity contribution in [2.75, 3.05) is 27.2 Å². The van der Waals surface area contributed by atoms with Crippen molar-refractivity contribution in [3.05, 3.63) is 58.9 Å². The number of Topliss-reactive ketones (excluding diaryl/α,β-unsaturated/α-hetero) is 1. The van der Waals surface area contributed by atoms with Gasteiger partial charge in [0.15, 0.2) is 0 Å². The van der Waals surface area contributed by atoms with Crippen LogP contribution in [0.25, 0.3) is 5.76 Å². The van der Waals surface area contributed by atoms with E-state index in [1.807, 2.05) is 19.0 Å². The van der Waals surface area contributed by atoms with Gasteiger partial charge in [0.2, 0.25) is 0 Å². The lowest BCUT2D eigenvalue weighted by atomic mass is 9.96.